The molecule has 1 aromatic carbocycles. The van der Waals surface area contributed by atoms with Gasteiger partial charge in [-0.05, 0) is 18.4 Å². The second-order valence-corrected chi connectivity index (χ2v) is 4.22. The van der Waals surface area contributed by atoms with Gasteiger partial charge in [-0.15, -0.1) is 0 Å². The number of hydrogen-bond donors (Lipinski definition) is 0. The van der Waals surface area contributed by atoms with Crippen molar-refractivity contribution in [1.29, 1.82) is 0 Å². The van der Waals surface area contributed by atoms with E-state index in [0.717, 1.165) is 31.5 Å². The number of alkyl halides is 1. The van der Waals surface area contributed by atoms with Crippen LogP contribution in [-0.4, -0.2) is 24.3 Å². The summed E-state index contributed by atoms with van der Waals surface area (Å²) in [5.74, 6) is 0. The zero-order valence-corrected chi connectivity index (χ0v) is 9.03. The van der Waals surface area contributed by atoms with Crippen LogP contribution in [0.4, 0.5) is 4.39 Å². The monoisotopic (exact) mass is 207 g/mol. The largest absolute Gasteiger partial charge is 0.274 e. The summed E-state index contributed by atoms with van der Waals surface area (Å²) < 4.78 is 13.9. The molecule has 82 valence electrons. The van der Waals surface area contributed by atoms with E-state index in [9.17, 15) is 4.39 Å². The van der Waals surface area contributed by atoms with Gasteiger partial charge in [0.1, 0.15) is 0 Å². The lowest BCUT2D eigenvalue weighted by molar-refractivity contribution is 0.0643. The molecule has 1 atom stereocenters. The van der Waals surface area contributed by atoms with Gasteiger partial charge in [-0.25, -0.2) is 4.39 Å². The third kappa shape index (κ3) is 3.03. The Morgan fingerprint density at radius 1 is 1.07 bits per heavy atom. The zero-order chi connectivity index (χ0) is 10.5. The summed E-state index contributed by atoms with van der Waals surface area (Å²) in [6, 6.07) is 9.90. The quantitative estimate of drug-likeness (QED) is 0.689. The van der Waals surface area contributed by atoms with Gasteiger partial charge in [-0.1, -0.05) is 36.8 Å². The molecular weight excluding hydrogens is 189 g/mol. The lowest BCUT2D eigenvalue weighted by Crippen LogP contribution is -2.37. The highest BCUT2D eigenvalue weighted by molar-refractivity contribution is 5.15. The first-order valence-electron chi connectivity index (χ1n) is 5.78. The van der Waals surface area contributed by atoms with E-state index in [0.29, 0.717) is 6.42 Å². The molecule has 0 radical (unpaired) electrons. The van der Waals surface area contributed by atoms with Crippen LogP contribution in [-0.2, 0) is 6.42 Å². The van der Waals surface area contributed by atoms with Crippen molar-refractivity contribution in [3.05, 3.63) is 35.9 Å². The molecule has 0 saturated carbocycles. The average Bonchev–Trinajstić information content (AvgIpc) is 2.31. The van der Waals surface area contributed by atoms with E-state index in [1.807, 2.05) is 35.2 Å². The van der Waals surface area contributed by atoms with Crippen LogP contribution in [0.25, 0.3) is 0 Å². The molecule has 1 saturated heterocycles. The van der Waals surface area contributed by atoms with Gasteiger partial charge in [-0.3, -0.25) is 4.90 Å². The Hall–Kier alpha value is -0.890. The molecule has 0 amide bonds. The number of nitrogens with zero attached hydrogens (tertiary/aromatic N) is 1. The fourth-order valence-corrected chi connectivity index (χ4v) is 2.14. The maximum absolute atomic E-state index is 13.9. The molecule has 0 aromatic heterocycles. The number of likely N-dealkylation sites (tertiary alicyclic amines) is 1. The van der Waals surface area contributed by atoms with E-state index in [4.69, 9.17) is 0 Å². The molecule has 0 aliphatic carbocycles. The topological polar surface area (TPSA) is 3.24 Å². The molecular formula is C13H18FN. The Bertz CT molecular complexity index is 280. The highest BCUT2D eigenvalue weighted by Crippen LogP contribution is 2.16. The number of hydrogen-bond acceptors (Lipinski definition) is 1. The predicted molar refractivity (Wildman–Crippen MR) is 60.5 cm³/mol. The van der Waals surface area contributed by atoms with E-state index in [1.54, 1.807) is 0 Å². The van der Waals surface area contributed by atoms with Gasteiger partial charge in [-0.2, -0.15) is 0 Å². The molecule has 1 aliphatic rings. The van der Waals surface area contributed by atoms with Gasteiger partial charge in [0.15, 0.2) is 6.30 Å². The lowest BCUT2D eigenvalue weighted by atomic mass is 10.1. The Morgan fingerprint density at radius 3 is 2.40 bits per heavy atom. The first kappa shape index (κ1) is 10.6. The van der Waals surface area contributed by atoms with Crippen molar-refractivity contribution in [3.8, 4) is 0 Å². The minimum absolute atomic E-state index is 0.529. The van der Waals surface area contributed by atoms with Crippen LogP contribution in [0.15, 0.2) is 30.3 Å². The second-order valence-electron chi connectivity index (χ2n) is 4.22. The van der Waals surface area contributed by atoms with E-state index in [2.05, 4.69) is 0 Å². The SMILES string of the molecule is FC(Cc1ccccc1)N1CCCCC1. The van der Waals surface area contributed by atoms with Crippen molar-refractivity contribution in [3.63, 3.8) is 0 Å². The zero-order valence-electron chi connectivity index (χ0n) is 9.03. The van der Waals surface area contributed by atoms with Gasteiger partial charge in [0.05, 0.1) is 0 Å². The molecule has 15 heavy (non-hydrogen) atoms. The fourth-order valence-electron chi connectivity index (χ4n) is 2.14. The molecule has 1 nitrogen and oxygen atoms in total. The maximum atomic E-state index is 13.9. The fraction of sp³-hybridized carbons (Fsp3) is 0.538. The molecule has 0 N–H and O–H groups in total. The molecule has 2 rings (SSSR count). The van der Waals surface area contributed by atoms with Gasteiger partial charge < -0.3 is 0 Å². The summed E-state index contributed by atoms with van der Waals surface area (Å²) in [5.41, 5.74) is 1.09. The minimum atomic E-state index is -0.798. The van der Waals surface area contributed by atoms with Crippen LogP contribution in [0.3, 0.4) is 0 Å². The van der Waals surface area contributed by atoms with Crippen LogP contribution in [0.1, 0.15) is 24.8 Å². The summed E-state index contributed by atoms with van der Waals surface area (Å²) in [6.07, 6.45) is 3.28. The molecule has 1 fully saturated rings. The van der Waals surface area contributed by atoms with Gasteiger partial charge in [0.25, 0.3) is 0 Å². The van der Waals surface area contributed by atoms with E-state index in [-0.39, 0.29) is 0 Å². The average molecular weight is 207 g/mol. The summed E-state index contributed by atoms with van der Waals surface area (Å²) in [6.45, 7) is 1.85. The van der Waals surface area contributed by atoms with Crippen LogP contribution < -0.4 is 0 Å². The van der Waals surface area contributed by atoms with Gasteiger partial charge in [0, 0.05) is 19.5 Å². The van der Waals surface area contributed by atoms with Crippen molar-refractivity contribution in [2.24, 2.45) is 0 Å². The predicted octanol–water partition coefficient (Wildman–Crippen LogP) is 3.01. The van der Waals surface area contributed by atoms with Gasteiger partial charge in [0.2, 0.25) is 0 Å². The molecule has 1 aliphatic heterocycles. The molecule has 1 aromatic rings. The first-order valence-corrected chi connectivity index (χ1v) is 5.78. The van der Waals surface area contributed by atoms with Crippen LogP contribution in [0.2, 0.25) is 0 Å². The normalized spacial score (nSPS) is 20.1. The first-order chi connectivity index (χ1) is 7.36. The lowest BCUT2D eigenvalue weighted by Gasteiger charge is -2.29. The Morgan fingerprint density at radius 2 is 1.73 bits per heavy atom. The molecule has 1 unspecified atom stereocenters. The summed E-state index contributed by atoms with van der Waals surface area (Å²) in [5, 5.41) is 0. The number of piperidine rings is 1. The highest BCUT2D eigenvalue weighted by Gasteiger charge is 2.19. The number of rotatable bonds is 3. The van der Waals surface area contributed by atoms with Crippen molar-refractivity contribution in [2.75, 3.05) is 13.1 Å². The Labute approximate surface area is 90.9 Å². The van der Waals surface area contributed by atoms with Crippen LogP contribution in [0.5, 0.6) is 0 Å². The third-order valence-electron chi connectivity index (χ3n) is 3.03. The second kappa shape index (κ2) is 5.26. The van der Waals surface area contributed by atoms with E-state index >= 15 is 0 Å². The molecule has 0 spiro atoms. The van der Waals surface area contributed by atoms with Crippen LogP contribution in [0, 0.1) is 0 Å². The highest BCUT2D eigenvalue weighted by atomic mass is 19.1. The molecule has 0 bridgehead atoms. The van der Waals surface area contributed by atoms with Crippen molar-refractivity contribution in [1.82, 2.24) is 4.90 Å². The summed E-state index contributed by atoms with van der Waals surface area (Å²) in [4.78, 5) is 1.97. The maximum Gasteiger partial charge on any atom is 0.157 e. The number of benzene rings is 1. The van der Waals surface area contributed by atoms with Crippen molar-refractivity contribution < 1.29 is 4.39 Å². The van der Waals surface area contributed by atoms with Crippen molar-refractivity contribution in [2.45, 2.75) is 32.0 Å². The minimum Gasteiger partial charge on any atom is -0.274 e. The molecule has 1 heterocycles. The van der Waals surface area contributed by atoms with Crippen molar-refractivity contribution >= 4 is 0 Å². The summed E-state index contributed by atoms with van der Waals surface area (Å²) >= 11 is 0. The number of halogens is 1. The smallest absolute Gasteiger partial charge is 0.157 e. The summed E-state index contributed by atoms with van der Waals surface area (Å²) in [7, 11) is 0. The van der Waals surface area contributed by atoms with Gasteiger partial charge >= 0.3 is 0 Å². The Kier molecular flexibility index (Phi) is 3.73. The Balaban J connectivity index is 1.88. The van der Waals surface area contributed by atoms with E-state index < -0.39 is 6.30 Å². The standard InChI is InChI=1S/C13H18FN/c14-13(15-9-5-2-6-10-15)11-12-7-3-1-4-8-12/h1,3-4,7-8,13H,2,5-6,9-11H2. The van der Waals surface area contributed by atoms with E-state index in [1.165, 1.54) is 6.42 Å². The third-order valence-corrected chi connectivity index (χ3v) is 3.03. The molecule has 2 heteroatoms. The van der Waals surface area contributed by atoms with Crippen LogP contribution >= 0.6 is 0 Å².